The summed E-state index contributed by atoms with van der Waals surface area (Å²) >= 11 is 0. The molecule has 0 unspecified atom stereocenters. The monoisotopic (exact) mass is 111 g/mol. The summed E-state index contributed by atoms with van der Waals surface area (Å²) in [5.41, 5.74) is 7.11. The number of hydrogen-bond donors (Lipinski definition) is 1. The lowest BCUT2D eigenvalue weighted by Gasteiger charge is -2.13. The third kappa shape index (κ3) is 1.34. The molecule has 1 rings (SSSR count). The molecule has 1 aliphatic carbocycles. The minimum Gasteiger partial charge on any atom is -0.324 e. The van der Waals surface area contributed by atoms with E-state index < -0.39 is 0 Å². The zero-order valence-corrected chi connectivity index (χ0v) is 5.35. The highest BCUT2D eigenvalue weighted by atomic mass is 14.6. The van der Waals surface area contributed by atoms with Gasteiger partial charge in [0.05, 0.1) is 0 Å². The van der Waals surface area contributed by atoms with Crippen molar-refractivity contribution in [1.82, 2.24) is 0 Å². The molecule has 0 spiro atoms. The summed E-state index contributed by atoms with van der Waals surface area (Å²) < 4.78 is 0. The number of nitrogens with two attached hydrogens (primary N) is 1. The molecule has 0 amide bonds. The minimum atomic E-state index is 0.351. The van der Waals surface area contributed by atoms with Crippen molar-refractivity contribution in [1.29, 1.82) is 0 Å². The predicted molar refractivity (Wildman–Crippen MR) is 35.6 cm³/mol. The van der Waals surface area contributed by atoms with E-state index in [9.17, 15) is 0 Å². The lowest BCUT2D eigenvalue weighted by molar-refractivity contribution is 0.625. The van der Waals surface area contributed by atoms with Crippen molar-refractivity contribution in [3.8, 4) is 0 Å². The first-order valence-corrected chi connectivity index (χ1v) is 3.22. The van der Waals surface area contributed by atoms with Crippen molar-refractivity contribution < 1.29 is 0 Å². The Labute approximate surface area is 50.6 Å². The van der Waals surface area contributed by atoms with E-state index >= 15 is 0 Å². The predicted octanol–water partition coefficient (Wildman–Crippen LogP) is 1.44. The van der Waals surface area contributed by atoms with Gasteiger partial charge in [0.2, 0.25) is 0 Å². The molecule has 8 heavy (non-hydrogen) atoms. The Morgan fingerprint density at radius 3 is 2.88 bits per heavy atom. The summed E-state index contributed by atoms with van der Waals surface area (Å²) in [6, 6.07) is 0.351. The standard InChI is InChI=1S/C7H13N/c1-6-3-2-4-7(8)5-6/h5,7H,2-4,8H2,1H3/t7-/m1/s1. The van der Waals surface area contributed by atoms with Crippen LogP contribution in [0.5, 0.6) is 0 Å². The Kier molecular flexibility index (Phi) is 1.69. The summed E-state index contributed by atoms with van der Waals surface area (Å²) in [4.78, 5) is 0. The van der Waals surface area contributed by atoms with Gasteiger partial charge >= 0.3 is 0 Å². The molecule has 46 valence electrons. The molecule has 1 heteroatoms. The van der Waals surface area contributed by atoms with Gasteiger partial charge in [0, 0.05) is 6.04 Å². The highest BCUT2D eigenvalue weighted by molar-refractivity contribution is 5.06. The lowest BCUT2D eigenvalue weighted by Crippen LogP contribution is -2.19. The maximum absolute atomic E-state index is 5.65. The SMILES string of the molecule is CC1=C[C@H](N)CCC1. The van der Waals surface area contributed by atoms with Crippen LogP contribution in [0.3, 0.4) is 0 Å². The van der Waals surface area contributed by atoms with Crippen LogP contribution in [0.15, 0.2) is 11.6 Å². The molecule has 0 aliphatic heterocycles. The van der Waals surface area contributed by atoms with E-state index in [2.05, 4.69) is 13.0 Å². The Balaban J connectivity index is 2.50. The molecule has 0 radical (unpaired) electrons. The molecule has 0 aromatic carbocycles. The van der Waals surface area contributed by atoms with Gasteiger partial charge in [0.1, 0.15) is 0 Å². The molecule has 1 nitrogen and oxygen atoms in total. The van der Waals surface area contributed by atoms with E-state index in [1.54, 1.807) is 0 Å². The second kappa shape index (κ2) is 2.31. The van der Waals surface area contributed by atoms with Crippen LogP contribution in [0, 0.1) is 0 Å². The zero-order chi connectivity index (χ0) is 5.98. The quantitative estimate of drug-likeness (QED) is 0.470. The number of allylic oxidation sites excluding steroid dienone is 1. The summed E-state index contributed by atoms with van der Waals surface area (Å²) in [5.74, 6) is 0. The highest BCUT2D eigenvalue weighted by Crippen LogP contribution is 2.14. The van der Waals surface area contributed by atoms with E-state index in [1.165, 1.54) is 24.8 Å². The molecule has 0 aromatic heterocycles. The second-order valence-electron chi connectivity index (χ2n) is 2.57. The Hall–Kier alpha value is -0.300. The van der Waals surface area contributed by atoms with Gasteiger partial charge in [0.15, 0.2) is 0 Å². The minimum absolute atomic E-state index is 0.351. The van der Waals surface area contributed by atoms with E-state index in [1.807, 2.05) is 0 Å². The van der Waals surface area contributed by atoms with Gasteiger partial charge in [-0.15, -0.1) is 0 Å². The van der Waals surface area contributed by atoms with Crippen LogP contribution < -0.4 is 5.73 Å². The average molecular weight is 111 g/mol. The van der Waals surface area contributed by atoms with Crippen molar-refractivity contribution >= 4 is 0 Å². The van der Waals surface area contributed by atoms with Crippen LogP contribution in [0.4, 0.5) is 0 Å². The molecule has 0 heterocycles. The highest BCUT2D eigenvalue weighted by Gasteiger charge is 2.04. The summed E-state index contributed by atoms with van der Waals surface area (Å²) in [5, 5.41) is 0. The first kappa shape index (κ1) is 5.83. The largest absolute Gasteiger partial charge is 0.324 e. The molecular formula is C7H13N. The molecule has 0 saturated carbocycles. The van der Waals surface area contributed by atoms with E-state index in [-0.39, 0.29) is 0 Å². The van der Waals surface area contributed by atoms with Crippen molar-refractivity contribution in [2.24, 2.45) is 5.73 Å². The smallest absolute Gasteiger partial charge is 0.0226 e. The second-order valence-corrected chi connectivity index (χ2v) is 2.57. The van der Waals surface area contributed by atoms with E-state index in [4.69, 9.17) is 5.73 Å². The van der Waals surface area contributed by atoms with Gasteiger partial charge in [-0.25, -0.2) is 0 Å². The van der Waals surface area contributed by atoms with Gasteiger partial charge < -0.3 is 5.73 Å². The molecule has 1 aliphatic rings. The van der Waals surface area contributed by atoms with Crippen molar-refractivity contribution in [2.45, 2.75) is 32.2 Å². The van der Waals surface area contributed by atoms with Crippen LogP contribution in [-0.2, 0) is 0 Å². The Morgan fingerprint density at radius 2 is 2.50 bits per heavy atom. The Morgan fingerprint density at radius 1 is 1.75 bits per heavy atom. The zero-order valence-electron chi connectivity index (χ0n) is 5.35. The van der Waals surface area contributed by atoms with Gasteiger partial charge in [-0.2, -0.15) is 0 Å². The lowest BCUT2D eigenvalue weighted by atomic mass is 9.98. The normalized spacial score (nSPS) is 29.8. The molecule has 0 saturated heterocycles. The molecular weight excluding hydrogens is 98.1 g/mol. The van der Waals surface area contributed by atoms with Crippen LogP contribution in [0.25, 0.3) is 0 Å². The number of rotatable bonds is 0. The third-order valence-electron chi connectivity index (χ3n) is 1.61. The van der Waals surface area contributed by atoms with Crippen molar-refractivity contribution in [3.05, 3.63) is 11.6 Å². The van der Waals surface area contributed by atoms with E-state index in [0.29, 0.717) is 6.04 Å². The first-order chi connectivity index (χ1) is 3.79. The number of hydrogen-bond acceptors (Lipinski definition) is 1. The molecule has 0 fully saturated rings. The van der Waals surface area contributed by atoms with Crippen LogP contribution in [0.1, 0.15) is 26.2 Å². The van der Waals surface area contributed by atoms with Gasteiger partial charge in [0.25, 0.3) is 0 Å². The summed E-state index contributed by atoms with van der Waals surface area (Å²) in [6.07, 6.45) is 5.89. The fraction of sp³-hybridized carbons (Fsp3) is 0.714. The van der Waals surface area contributed by atoms with Crippen LogP contribution in [-0.4, -0.2) is 6.04 Å². The molecule has 1 atom stereocenters. The maximum atomic E-state index is 5.65. The summed E-state index contributed by atoms with van der Waals surface area (Å²) in [6.45, 7) is 2.15. The fourth-order valence-electron chi connectivity index (χ4n) is 1.15. The average Bonchev–Trinajstić information content (AvgIpc) is 1.64. The molecule has 0 aromatic rings. The summed E-state index contributed by atoms with van der Waals surface area (Å²) in [7, 11) is 0. The van der Waals surface area contributed by atoms with E-state index in [0.717, 1.165) is 0 Å². The van der Waals surface area contributed by atoms with Gasteiger partial charge in [-0.3, -0.25) is 0 Å². The van der Waals surface area contributed by atoms with Crippen LogP contribution in [0.2, 0.25) is 0 Å². The van der Waals surface area contributed by atoms with Gasteiger partial charge in [-0.05, 0) is 26.2 Å². The topological polar surface area (TPSA) is 26.0 Å². The fourth-order valence-corrected chi connectivity index (χ4v) is 1.15. The molecule has 0 bridgehead atoms. The Bertz CT molecular complexity index is 105. The molecule has 2 N–H and O–H groups in total. The van der Waals surface area contributed by atoms with Crippen molar-refractivity contribution in [3.63, 3.8) is 0 Å². The maximum Gasteiger partial charge on any atom is 0.0226 e. The van der Waals surface area contributed by atoms with Gasteiger partial charge in [-0.1, -0.05) is 11.6 Å². The van der Waals surface area contributed by atoms with Crippen molar-refractivity contribution in [2.75, 3.05) is 0 Å². The third-order valence-corrected chi connectivity index (χ3v) is 1.61. The first-order valence-electron chi connectivity index (χ1n) is 3.22. The van der Waals surface area contributed by atoms with Crippen LogP contribution >= 0.6 is 0 Å².